The second kappa shape index (κ2) is 7.64. The van der Waals surface area contributed by atoms with Crippen molar-refractivity contribution in [3.8, 4) is 0 Å². The first kappa shape index (κ1) is 16.8. The summed E-state index contributed by atoms with van der Waals surface area (Å²) in [5.41, 5.74) is 1.26. The van der Waals surface area contributed by atoms with Gasteiger partial charge in [0, 0.05) is 12.0 Å². The van der Waals surface area contributed by atoms with E-state index in [2.05, 4.69) is 20.3 Å². The van der Waals surface area contributed by atoms with Gasteiger partial charge in [0.1, 0.15) is 5.01 Å². The highest BCUT2D eigenvalue weighted by atomic mass is 32.1. The van der Waals surface area contributed by atoms with Gasteiger partial charge in [-0.15, -0.1) is 10.2 Å². The molecule has 7 heteroatoms. The molecule has 0 bridgehead atoms. The van der Waals surface area contributed by atoms with Crippen LogP contribution in [0.25, 0.3) is 6.08 Å². The lowest BCUT2D eigenvalue weighted by Crippen LogP contribution is -2.07. The van der Waals surface area contributed by atoms with Crippen LogP contribution in [0.15, 0.2) is 30.3 Å². The molecule has 0 saturated heterocycles. The van der Waals surface area contributed by atoms with Crippen molar-refractivity contribution in [3.63, 3.8) is 0 Å². The number of carbonyl (C=O) groups excluding carboxylic acids is 2. The number of aromatic nitrogens is 2. The van der Waals surface area contributed by atoms with Crippen LogP contribution in [0.5, 0.6) is 0 Å². The third-order valence-corrected chi connectivity index (χ3v) is 4.06. The summed E-state index contributed by atoms with van der Waals surface area (Å²) >= 11 is 1.36. The molecule has 0 atom stereocenters. The Morgan fingerprint density at radius 3 is 2.48 bits per heavy atom. The Morgan fingerprint density at radius 2 is 1.91 bits per heavy atom. The van der Waals surface area contributed by atoms with Gasteiger partial charge < -0.3 is 4.74 Å². The third-order valence-electron chi connectivity index (χ3n) is 2.92. The van der Waals surface area contributed by atoms with E-state index in [1.165, 1.54) is 24.5 Å². The van der Waals surface area contributed by atoms with Crippen molar-refractivity contribution in [2.45, 2.75) is 19.8 Å². The average molecular weight is 331 g/mol. The van der Waals surface area contributed by atoms with E-state index in [1.54, 1.807) is 30.3 Å². The molecule has 0 aliphatic rings. The molecular formula is C16H17N3O3S. The number of esters is 1. The fraction of sp³-hybridized carbons (Fsp3) is 0.250. The van der Waals surface area contributed by atoms with Gasteiger partial charge in [0.05, 0.1) is 12.7 Å². The van der Waals surface area contributed by atoms with E-state index in [0.29, 0.717) is 10.7 Å². The molecule has 1 heterocycles. The van der Waals surface area contributed by atoms with Crippen molar-refractivity contribution in [1.29, 1.82) is 0 Å². The van der Waals surface area contributed by atoms with Crippen LogP contribution in [0.3, 0.4) is 0 Å². The Hall–Kier alpha value is -2.54. The summed E-state index contributed by atoms with van der Waals surface area (Å²) in [5, 5.41) is 12.0. The molecule has 0 aliphatic heterocycles. The van der Waals surface area contributed by atoms with Crippen molar-refractivity contribution >= 4 is 34.4 Å². The number of hydrogen-bond donors (Lipinski definition) is 1. The number of nitrogens with zero attached hydrogens (tertiary/aromatic N) is 2. The van der Waals surface area contributed by atoms with E-state index in [9.17, 15) is 9.59 Å². The fourth-order valence-electron chi connectivity index (χ4n) is 1.69. The Kier molecular flexibility index (Phi) is 5.59. The molecule has 2 rings (SSSR count). The second-order valence-corrected chi connectivity index (χ2v) is 6.05. The fourth-order valence-corrected chi connectivity index (χ4v) is 2.43. The minimum Gasteiger partial charge on any atom is -0.465 e. The van der Waals surface area contributed by atoms with Crippen LogP contribution in [-0.2, 0) is 9.53 Å². The second-order valence-electron chi connectivity index (χ2n) is 5.04. The largest absolute Gasteiger partial charge is 0.465 e. The van der Waals surface area contributed by atoms with E-state index in [0.717, 1.165) is 10.6 Å². The number of benzene rings is 1. The number of anilines is 1. The normalized spacial score (nSPS) is 11.0. The van der Waals surface area contributed by atoms with Crippen LogP contribution >= 0.6 is 11.3 Å². The zero-order valence-corrected chi connectivity index (χ0v) is 13.9. The van der Waals surface area contributed by atoms with E-state index in [-0.39, 0.29) is 11.8 Å². The zero-order chi connectivity index (χ0) is 16.8. The van der Waals surface area contributed by atoms with Gasteiger partial charge in [-0.25, -0.2) is 4.79 Å². The van der Waals surface area contributed by atoms with Gasteiger partial charge in [0.15, 0.2) is 0 Å². The first-order valence-corrected chi connectivity index (χ1v) is 7.82. The Morgan fingerprint density at radius 1 is 1.22 bits per heavy atom. The van der Waals surface area contributed by atoms with Gasteiger partial charge in [0.2, 0.25) is 11.0 Å². The maximum Gasteiger partial charge on any atom is 0.337 e. The number of carbonyl (C=O) groups is 2. The monoisotopic (exact) mass is 331 g/mol. The van der Waals surface area contributed by atoms with E-state index in [1.807, 2.05) is 13.8 Å². The molecule has 1 N–H and O–H groups in total. The Labute approximate surface area is 138 Å². The van der Waals surface area contributed by atoms with Crippen LogP contribution in [0, 0.1) is 0 Å². The molecule has 23 heavy (non-hydrogen) atoms. The van der Waals surface area contributed by atoms with Gasteiger partial charge in [-0.05, 0) is 23.8 Å². The number of nitrogens with one attached hydrogen (secondary N) is 1. The molecule has 1 aromatic heterocycles. The molecular weight excluding hydrogens is 314 g/mol. The first-order valence-electron chi connectivity index (χ1n) is 7.00. The molecule has 6 nitrogen and oxygen atoms in total. The predicted molar refractivity (Wildman–Crippen MR) is 89.4 cm³/mol. The number of ether oxygens (including phenoxy) is 1. The SMILES string of the molecule is COC(=O)c1ccc(C=CC(=O)Nc2nnc(C(C)C)s2)cc1. The molecule has 0 radical (unpaired) electrons. The molecule has 1 amide bonds. The maximum absolute atomic E-state index is 11.9. The molecule has 0 aliphatic carbocycles. The van der Waals surface area contributed by atoms with Crippen LogP contribution in [0.4, 0.5) is 5.13 Å². The van der Waals surface area contributed by atoms with E-state index in [4.69, 9.17) is 0 Å². The number of rotatable bonds is 5. The van der Waals surface area contributed by atoms with Gasteiger partial charge in [-0.1, -0.05) is 37.3 Å². The minimum atomic E-state index is -0.393. The molecule has 2 aromatic rings. The maximum atomic E-state index is 11.9. The smallest absolute Gasteiger partial charge is 0.337 e. The van der Waals surface area contributed by atoms with Gasteiger partial charge in [-0.2, -0.15) is 0 Å². The summed E-state index contributed by atoms with van der Waals surface area (Å²) in [4.78, 5) is 23.2. The summed E-state index contributed by atoms with van der Waals surface area (Å²) in [5.74, 6) is -0.397. The average Bonchev–Trinajstić information content (AvgIpc) is 3.01. The third kappa shape index (κ3) is 4.72. The highest BCUT2D eigenvalue weighted by molar-refractivity contribution is 7.15. The van der Waals surface area contributed by atoms with Crippen molar-refractivity contribution < 1.29 is 14.3 Å². The lowest BCUT2D eigenvalue weighted by molar-refractivity contribution is -0.111. The van der Waals surface area contributed by atoms with Crippen LogP contribution in [0.1, 0.15) is 40.7 Å². The van der Waals surface area contributed by atoms with Crippen LogP contribution in [-0.4, -0.2) is 29.2 Å². The van der Waals surface area contributed by atoms with Crippen molar-refractivity contribution in [2.75, 3.05) is 12.4 Å². The van der Waals surface area contributed by atoms with E-state index >= 15 is 0 Å². The summed E-state index contributed by atoms with van der Waals surface area (Å²) in [7, 11) is 1.33. The molecule has 0 spiro atoms. The molecule has 0 fully saturated rings. The van der Waals surface area contributed by atoms with E-state index < -0.39 is 5.97 Å². The molecule has 120 valence electrons. The zero-order valence-electron chi connectivity index (χ0n) is 13.1. The van der Waals surface area contributed by atoms with Crippen molar-refractivity contribution in [2.24, 2.45) is 0 Å². The Bertz CT molecular complexity index is 720. The Balaban J connectivity index is 1.96. The van der Waals surface area contributed by atoms with Crippen molar-refractivity contribution in [3.05, 3.63) is 46.5 Å². The number of hydrogen-bond acceptors (Lipinski definition) is 6. The van der Waals surface area contributed by atoms with Gasteiger partial charge in [0.25, 0.3) is 0 Å². The highest BCUT2D eigenvalue weighted by Gasteiger charge is 2.09. The van der Waals surface area contributed by atoms with Crippen LogP contribution in [0.2, 0.25) is 0 Å². The summed E-state index contributed by atoms with van der Waals surface area (Å²) < 4.78 is 4.63. The predicted octanol–water partition coefficient (Wildman–Crippen LogP) is 3.10. The number of amides is 1. The minimum absolute atomic E-state index is 0.280. The summed E-state index contributed by atoms with van der Waals surface area (Å²) in [6.07, 6.45) is 3.06. The molecule has 0 unspecified atom stereocenters. The topological polar surface area (TPSA) is 81.2 Å². The molecule has 1 aromatic carbocycles. The van der Waals surface area contributed by atoms with Gasteiger partial charge >= 0.3 is 5.97 Å². The van der Waals surface area contributed by atoms with Gasteiger partial charge in [-0.3, -0.25) is 10.1 Å². The van der Waals surface area contributed by atoms with Crippen molar-refractivity contribution in [1.82, 2.24) is 10.2 Å². The lowest BCUT2D eigenvalue weighted by atomic mass is 10.1. The first-order chi connectivity index (χ1) is 11.0. The lowest BCUT2D eigenvalue weighted by Gasteiger charge is -1.99. The highest BCUT2D eigenvalue weighted by Crippen LogP contribution is 2.22. The standard InChI is InChI=1S/C16H17N3O3S/c1-10(2)14-18-19-16(23-14)17-13(20)9-6-11-4-7-12(8-5-11)15(21)22-3/h4-10H,1-3H3,(H,17,19,20). The molecule has 0 saturated carbocycles. The summed E-state index contributed by atoms with van der Waals surface area (Å²) in [6.45, 7) is 4.04. The quantitative estimate of drug-likeness (QED) is 0.672. The summed E-state index contributed by atoms with van der Waals surface area (Å²) in [6, 6.07) is 6.75. The number of methoxy groups -OCH3 is 1. The van der Waals surface area contributed by atoms with Crippen LogP contribution < -0.4 is 5.32 Å².